The Morgan fingerprint density at radius 3 is 1.14 bits per heavy atom. The summed E-state index contributed by atoms with van der Waals surface area (Å²) in [5, 5.41) is 9.01. The first kappa shape index (κ1) is 37.4. The zero-order valence-electron chi connectivity index (χ0n) is 37.1. The fraction of sp³-hybridized carbons (Fsp3) is 0. The summed E-state index contributed by atoms with van der Waals surface area (Å²) in [4.78, 5) is 9.95. The second-order valence-electron chi connectivity index (χ2n) is 18.1. The van der Waals surface area contributed by atoms with Gasteiger partial charge in [-0.25, -0.2) is 9.97 Å². The van der Waals surface area contributed by atoms with Crippen molar-refractivity contribution in [1.82, 2.24) is 19.1 Å². The highest BCUT2D eigenvalue weighted by atomic mass is 16.4. The summed E-state index contributed by atoms with van der Waals surface area (Å²) < 4.78 is 30.3. The molecule has 70 heavy (non-hydrogen) atoms. The maximum absolute atomic E-state index is 6.50. The maximum Gasteiger partial charge on any atom is 0.227 e. The van der Waals surface area contributed by atoms with Gasteiger partial charge in [-0.15, -0.1) is 0 Å². The number of nitrogens with zero attached hydrogens (tertiary/aromatic N) is 4. The average Bonchev–Trinajstić information content (AvgIpc) is 4.28. The Morgan fingerprint density at radius 2 is 0.686 bits per heavy atom. The molecule has 6 aromatic heterocycles. The van der Waals surface area contributed by atoms with E-state index in [-0.39, 0.29) is 0 Å². The van der Waals surface area contributed by atoms with E-state index in [2.05, 4.69) is 179 Å². The molecule has 0 saturated carbocycles. The van der Waals surface area contributed by atoms with Crippen LogP contribution in [0.3, 0.4) is 0 Å². The van der Waals surface area contributed by atoms with Crippen LogP contribution in [-0.2, 0) is 0 Å². The molecule has 0 saturated heterocycles. The topological polar surface area (TPSA) is 88.2 Å². The molecule has 16 rings (SSSR count). The van der Waals surface area contributed by atoms with Gasteiger partial charge in [0.25, 0.3) is 0 Å². The summed E-state index contributed by atoms with van der Waals surface area (Å²) in [7, 11) is 0. The number of benzene rings is 10. The fourth-order valence-electron chi connectivity index (χ4n) is 11.0. The van der Waals surface area contributed by atoms with Crippen LogP contribution in [-0.4, -0.2) is 19.1 Å². The minimum absolute atomic E-state index is 0.564. The Labute approximate surface area is 396 Å². The number of furan rings is 2. The summed E-state index contributed by atoms with van der Waals surface area (Å²) in [5.74, 6) is 1.13. The molecule has 0 fully saturated rings. The van der Waals surface area contributed by atoms with Gasteiger partial charge in [0, 0.05) is 54.8 Å². The highest BCUT2D eigenvalue weighted by Gasteiger charge is 2.21. The van der Waals surface area contributed by atoms with Gasteiger partial charge in [-0.2, -0.15) is 0 Å². The van der Waals surface area contributed by atoms with E-state index in [1.807, 2.05) is 36.4 Å². The van der Waals surface area contributed by atoms with Crippen molar-refractivity contribution >= 4 is 110 Å². The van der Waals surface area contributed by atoms with Crippen molar-refractivity contribution in [3.8, 4) is 45.4 Å². The Kier molecular flexibility index (Phi) is 7.46. The molecule has 326 valence electrons. The van der Waals surface area contributed by atoms with Gasteiger partial charge >= 0.3 is 0 Å². The number of aromatic nitrogens is 4. The van der Waals surface area contributed by atoms with E-state index >= 15 is 0 Å². The highest BCUT2D eigenvalue weighted by Crippen LogP contribution is 2.43. The maximum atomic E-state index is 6.50. The predicted octanol–water partition coefficient (Wildman–Crippen LogP) is 17.0. The molecule has 0 aliphatic rings. The molecule has 0 aliphatic heterocycles. The van der Waals surface area contributed by atoms with Crippen molar-refractivity contribution in [2.75, 3.05) is 0 Å². The van der Waals surface area contributed by atoms with E-state index in [9.17, 15) is 0 Å². The monoisotopic (exact) mass is 898 g/mol. The van der Waals surface area contributed by atoms with Crippen LogP contribution in [0.1, 0.15) is 0 Å². The first-order valence-electron chi connectivity index (χ1n) is 23.4. The molecule has 0 atom stereocenters. The van der Waals surface area contributed by atoms with Crippen LogP contribution in [0.25, 0.3) is 155 Å². The first-order chi connectivity index (χ1) is 34.7. The van der Waals surface area contributed by atoms with Gasteiger partial charge in [0.1, 0.15) is 33.4 Å². The SMILES string of the molecule is c1ccc2c(c1)oc1c2ccc2c1c1ccccc1n2-c1ccc(-c2nc3cc(-c4ccc5oc(-c6ccc(-n7c8ccccc8c8c9oc%10ccccc%10c9ccc87)cc6)nc5c4)ccc3o2)cc1. The predicted molar refractivity (Wildman–Crippen MR) is 281 cm³/mol. The van der Waals surface area contributed by atoms with Gasteiger partial charge in [0.2, 0.25) is 11.8 Å². The summed E-state index contributed by atoms with van der Waals surface area (Å²) >= 11 is 0. The quantitative estimate of drug-likeness (QED) is 0.171. The fourth-order valence-corrected chi connectivity index (χ4v) is 11.0. The van der Waals surface area contributed by atoms with Crippen LogP contribution in [0.4, 0.5) is 0 Å². The molecule has 0 amide bonds. The second kappa shape index (κ2) is 13.9. The van der Waals surface area contributed by atoms with Crippen molar-refractivity contribution in [3.05, 3.63) is 206 Å². The van der Waals surface area contributed by atoms with E-state index in [0.29, 0.717) is 11.8 Å². The molecule has 0 unspecified atom stereocenters. The molecule has 6 heterocycles. The number of fused-ring (bicyclic) bond motifs is 16. The van der Waals surface area contributed by atoms with Crippen LogP contribution in [0, 0.1) is 0 Å². The normalized spacial score (nSPS) is 12.3. The number of hydrogen-bond acceptors (Lipinski definition) is 6. The molecular formula is C62H34N4O4. The highest BCUT2D eigenvalue weighted by molar-refractivity contribution is 6.25. The molecule has 16 aromatic rings. The lowest BCUT2D eigenvalue weighted by atomic mass is 10.0. The lowest BCUT2D eigenvalue weighted by Crippen LogP contribution is -1.93. The van der Waals surface area contributed by atoms with Gasteiger partial charge < -0.3 is 26.8 Å². The Hall–Kier alpha value is -9.66. The van der Waals surface area contributed by atoms with Crippen LogP contribution in [0.2, 0.25) is 0 Å². The summed E-state index contributed by atoms with van der Waals surface area (Å²) in [5.41, 5.74) is 16.9. The van der Waals surface area contributed by atoms with Crippen molar-refractivity contribution in [1.29, 1.82) is 0 Å². The number of hydrogen-bond donors (Lipinski definition) is 0. The van der Waals surface area contributed by atoms with Crippen LogP contribution < -0.4 is 0 Å². The minimum atomic E-state index is 0.564. The molecular weight excluding hydrogens is 865 g/mol. The van der Waals surface area contributed by atoms with Gasteiger partial charge in [-0.1, -0.05) is 84.9 Å². The smallest absolute Gasteiger partial charge is 0.227 e. The van der Waals surface area contributed by atoms with Gasteiger partial charge in [0.15, 0.2) is 11.2 Å². The van der Waals surface area contributed by atoms with E-state index in [1.165, 1.54) is 0 Å². The Morgan fingerprint density at radius 1 is 0.286 bits per heavy atom. The molecule has 0 spiro atoms. The molecule has 8 heteroatoms. The van der Waals surface area contributed by atoms with Gasteiger partial charge in [-0.05, 0) is 132 Å². The molecule has 0 radical (unpaired) electrons. The lowest BCUT2D eigenvalue weighted by Gasteiger charge is -2.08. The summed E-state index contributed by atoms with van der Waals surface area (Å²) in [6.45, 7) is 0. The van der Waals surface area contributed by atoms with Gasteiger partial charge in [0.05, 0.1) is 32.8 Å². The lowest BCUT2D eigenvalue weighted by molar-refractivity contribution is 0.619. The van der Waals surface area contributed by atoms with Crippen molar-refractivity contribution in [2.45, 2.75) is 0 Å². The third kappa shape index (κ3) is 5.29. The summed E-state index contributed by atoms with van der Waals surface area (Å²) in [6, 6.07) is 71.4. The molecule has 8 nitrogen and oxygen atoms in total. The summed E-state index contributed by atoms with van der Waals surface area (Å²) in [6.07, 6.45) is 0. The number of rotatable bonds is 5. The van der Waals surface area contributed by atoms with Crippen LogP contribution in [0.15, 0.2) is 224 Å². The van der Waals surface area contributed by atoms with Crippen molar-refractivity contribution < 1.29 is 17.7 Å². The molecule has 0 N–H and O–H groups in total. The third-order valence-electron chi connectivity index (χ3n) is 14.2. The largest absolute Gasteiger partial charge is 0.455 e. The van der Waals surface area contributed by atoms with E-state index in [1.54, 1.807) is 0 Å². The Bertz CT molecular complexity index is 4520. The zero-order chi connectivity index (χ0) is 45.6. The minimum Gasteiger partial charge on any atom is -0.455 e. The van der Waals surface area contributed by atoms with E-state index < -0.39 is 0 Å². The molecule has 0 bridgehead atoms. The van der Waals surface area contributed by atoms with Crippen molar-refractivity contribution in [3.63, 3.8) is 0 Å². The van der Waals surface area contributed by atoms with E-state index in [4.69, 9.17) is 27.6 Å². The number of para-hydroxylation sites is 4. The third-order valence-corrected chi connectivity index (χ3v) is 14.2. The van der Waals surface area contributed by atoms with Crippen LogP contribution >= 0.6 is 0 Å². The van der Waals surface area contributed by atoms with Crippen LogP contribution in [0.5, 0.6) is 0 Å². The molecule has 0 aliphatic carbocycles. The molecule has 10 aromatic carbocycles. The average molecular weight is 899 g/mol. The van der Waals surface area contributed by atoms with E-state index in [0.717, 1.165) is 143 Å². The standard InChI is InChI=1S/C62H34N4O4/c1-5-13-49-45(11-1)57-51(29-27-43-41-9-3-7-15-53(41)67-59(43)57)65(49)39-23-17-35(18-24-39)61-63-47-33-37(21-31-55(47)69-61)38-22-32-56-48(34-38)64-62(70-56)36-19-25-40(26-20-36)66-50-14-6-2-12-46(50)58-52(66)30-28-44-42-10-4-8-16-54(42)68-60(44)58/h1-34H. The van der Waals surface area contributed by atoms with Gasteiger partial charge in [-0.3, -0.25) is 0 Å². The second-order valence-corrected chi connectivity index (χ2v) is 18.1. The Balaban J connectivity index is 0.700. The number of oxazole rings is 2. The van der Waals surface area contributed by atoms with Crippen molar-refractivity contribution in [2.24, 2.45) is 0 Å². The zero-order valence-corrected chi connectivity index (χ0v) is 37.1. The first-order valence-corrected chi connectivity index (χ1v) is 23.4.